The van der Waals surface area contributed by atoms with Crippen LogP contribution in [0.25, 0.3) is 6.08 Å². The van der Waals surface area contributed by atoms with Crippen molar-refractivity contribution in [3.8, 4) is 23.0 Å². The average molecular weight is 434 g/mol. The van der Waals surface area contributed by atoms with Gasteiger partial charge in [-0.2, -0.15) is 0 Å². The lowest BCUT2D eigenvalue weighted by Crippen LogP contribution is -2.27. The number of hydrogen-bond donors (Lipinski definition) is 0. The smallest absolute Gasteiger partial charge is 0.293 e. The normalized spacial score (nSPS) is 16.7. The first kappa shape index (κ1) is 19.5. The van der Waals surface area contributed by atoms with Crippen LogP contribution in [0.5, 0.6) is 23.0 Å². The number of hydrogen-bond acceptors (Lipinski definition) is 7. The van der Waals surface area contributed by atoms with Gasteiger partial charge in [-0.25, -0.2) is 0 Å². The average Bonchev–Trinajstić information content (AvgIpc) is 3.26. The fourth-order valence-electron chi connectivity index (χ4n) is 2.95. The number of carbonyl (C=O) groups excluding carboxylic acids is 2. The van der Waals surface area contributed by atoms with Crippen LogP contribution >= 0.6 is 23.4 Å². The van der Waals surface area contributed by atoms with E-state index in [2.05, 4.69) is 0 Å². The van der Waals surface area contributed by atoms with Gasteiger partial charge in [0.15, 0.2) is 11.5 Å². The van der Waals surface area contributed by atoms with Crippen molar-refractivity contribution >= 4 is 40.6 Å². The first-order chi connectivity index (χ1) is 14.0. The molecular weight excluding hydrogens is 418 g/mol. The minimum atomic E-state index is -0.393. The number of benzene rings is 2. The number of imide groups is 1. The van der Waals surface area contributed by atoms with Crippen molar-refractivity contribution in [1.29, 1.82) is 0 Å². The molecule has 9 heteroatoms. The number of thioether (sulfide) groups is 1. The van der Waals surface area contributed by atoms with Crippen molar-refractivity contribution in [2.45, 2.75) is 6.54 Å². The van der Waals surface area contributed by atoms with Crippen molar-refractivity contribution in [3.05, 3.63) is 51.4 Å². The number of methoxy groups -OCH3 is 2. The number of amides is 2. The Hall–Kier alpha value is -2.84. The van der Waals surface area contributed by atoms with Gasteiger partial charge in [0.05, 0.1) is 25.7 Å². The Balaban J connectivity index is 1.59. The van der Waals surface area contributed by atoms with E-state index in [1.807, 2.05) is 0 Å². The maximum atomic E-state index is 12.8. The Kier molecular flexibility index (Phi) is 5.29. The van der Waals surface area contributed by atoms with Crippen molar-refractivity contribution in [2.24, 2.45) is 0 Å². The van der Waals surface area contributed by atoms with Crippen molar-refractivity contribution in [2.75, 3.05) is 21.0 Å². The lowest BCUT2D eigenvalue weighted by molar-refractivity contribution is -0.123. The van der Waals surface area contributed by atoms with Crippen LogP contribution in [0.3, 0.4) is 0 Å². The second-order valence-corrected chi connectivity index (χ2v) is 7.61. The Labute approximate surface area is 176 Å². The Morgan fingerprint density at radius 2 is 1.72 bits per heavy atom. The van der Waals surface area contributed by atoms with Gasteiger partial charge in [-0.3, -0.25) is 14.5 Å². The molecule has 0 unspecified atom stereocenters. The van der Waals surface area contributed by atoms with Gasteiger partial charge >= 0.3 is 0 Å². The molecule has 1 saturated heterocycles. The molecule has 2 aromatic carbocycles. The third-order valence-corrected chi connectivity index (χ3v) is 5.67. The topological polar surface area (TPSA) is 74.3 Å². The van der Waals surface area contributed by atoms with Crippen molar-refractivity contribution in [3.63, 3.8) is 0 Å². The summed E-state index contributed by atoms with van der Waals surface area (Å²) in [5.41, 5.74) is 1.29. The molecule has 0 bridgehead atoms. The summed E-state index contributed by atoms with van der Waals surface area (Å²) in [6, 6.07) is 8.54. The highest BCUT2D eigenvalue weighted by Gasteiger charge is 2.35. The van der Waals surface area contributed by atoms with E-state index in [9.17, 15) is 9.59 Å². The zero-order valence-corrected chi connectivity index (χ0v) is 17.1. The van der Waals surface area contributed by atoms with Gasteiger partial charge in [-0.15, -0.1) is 0 Å². The van der Waals surface area contributed by atoms with Crippen LogP contribution in [-0.2, 0) is 11.3 Å². The molecule has 2 heterocycles. The first-order valence-electron chi connectivity index (χ1n) is 8.55. The fourth-order valence-corrected chi connectivity index (χ4v) is 4.00. The van der Waals surface area contributed by atoms with Crippen LogP contribution in [-0.4, -0.2) is 37.1 Å². The zero-order chi connectivity index (χ0) is 20.5. The summed E-state index contributed by atoms with van der Waals surface area (Å²) in [5.74, 6) is 1.86. The van der Waals surface area contributed by atoms with Gasteiger partial charge in [0.2, 0.25) is 6.79 Å². The molecule has 2 aliphatic heterocycles. The molecular formula is C20H16ClNO6S. The second-order valence-electron chi connectivity index (χ2n) is 6.21. The summed E-state index contributed by atoms with van der Waals surface area (Å²) in [4.78, 5) is 26.8. The summed E-state index contributed by atoms with van der Waals surface area (Å²) in [7, 11) is 3.09. The van der Waals surface area contributed by atoms with Gasteiger partial charge in [-0.1, -0.05) is 11.6 Å². The molecule has 2 aromatic rings. The lowest BCUT2D eigenvalue weighted by Gasteiger charge is -2.14. The molecule has 0 spiro atoms. The molecule has 2 amide bonds. The monoisotopic (exact) mass is 433 g/mol. The van der Waals surface area contributed by atoms with Crippen molar-refractivity contribution < 1.29 is 28.5 Å². The molecule has 0 radical (unpaired) electrons. The second kappa shape index (κ2) is 7.88. The zero-order valence-electron chi connectivity index (χ0n) is 15.6. The molecule has 0 saturated carbocycles. The highest BCUT2D eigenvalue weighted by molar-refractivity contribution is 8.18. The van der Waals surface area contributed by atoms with Gasteiger partial charge in [-0.05, 0) is 47.2 Å². The lowest BCUT2D eigenvalue weighted by atomic mass is 10.1. The Bertz CT molecular complexity index is 1020. The van der Waals surface area contributed by atoms with Crippen LogP contribution in [0.15, 0.2) is 35.2 Å². The van der Waals surface area contributed by atoms with E-state index in [0.29, 0.717) is 44.1 Å². The van der Waals surface area contributed by atoms with Gasteiger partial charge in [0, 0.05) is 17.2 Å². The van der Waals surface area contributed by atoms with E-state index in [-0.39, 0.29) is 18.6 Å². The molecule has 0 N–H and O–H groups in total. The van der Waals surface area contributed by atoms with Gasteiger partial charge in [0.1, 0.15) is 11.5 Å². The number of halogens is 1. The summed E-state index contributed by atoms with van der Waals surface area (Å²) in [6.45, 7) is 0.155. The molecule has 150 valence electrons. The van der Waals surface area contributed by atoms with E-state index in [4.69, 9.17) is 30.5 Å². The third-order valence-electron chi connectivity index (χ3n) is 4.42. The first-order valence-corrected chi connectivity index (χ1v) is 9.74. The summed E-state index contributed by atoms with van der Waals surface area (Å²) >= 11 is 7.15. The van der Waals surface area contributed by atoms with E-state index in [1.165, 1.54) is 0 Å². The van der Waals surface area contributed by atoms with Gasteiger partial charge in [0.25, 0.3) is 11.1 Å². The predicted molar refractivity (Wildman–Crippen MR) is 109 cm³/mol. The molecule has 7 nitrogen and oxygen atoms in total. The fraction of sp³-hybridized carbons (Fsp3) is 0.200. The molecule has 29 heavy (non-hydrogen) atoms. The molecule has 1 fully saturated rings. The van der Waals surface area contributed by atoms with Crippen LogP contribution in [0.1, 0.15) is 11.1 Å². The molecule has 2 aliphatic rings. The van der Waals surface area contributed by atoms with Crippen LogP contribution < -0.4 is 18.9 Å². The minimum absolute atomic E-state index is 0.0406. The number of fused-ring (bicyclic) bond motifs is 1. The summed E-state index contributed by atoms with van der Waals surface area (Å²) in [5, 5.41) is 0.0275. The third kappa shape index (κ3) is 3.86. The van der Waals surface area contributed by atoms with Crippen LogP contribution in [0, 0.1) is 0 Å². The van der Waals surface area contributed by atoms with E-state index in [1.54, 1.807) is 50.6 Å². The Morgan fingerprint density at radius 1 is 1.07 bits per heavy atom. The number of ether oxygens (including phenoxy) is 4. The van der Waals surface area contributed by atoms with E-state index in [0.717, 1.165) is 16.7 Å². The van der Waals surface area contributed by atoms with Crippen molar-refractivity contribution in [1.82, 2.24) is 4.90 Å². The number of carbonyl (C=O) groups is 2. The summed E-state index contributed by atoms with van der Waals surface area (Å²) in [6.07, 6.45) is 1.64. The number of rotatable bonds is 5. The molecule has 0 aromatic heterocycles. The largest absolute Gasteiger partial charge is 0.497 e. The molecule has 4 rings (SSSR count). The summed E-state index contributed by atoms with van der Waals surface area (Å²) < 4.78 is 21.1. The molecule has 0 atom stereocenters. The number of nitrogens with zero attached hydrogens (tertiary/aromatic N) is 1. The SMILES string of the molecule is COc1cc(C=C2SC(=O)N(Cc3cc4c(cc3Cl)OCO4)C2=O)cc(OC)c1. The van der Waals surface area contributed by atoms with E-state index >= 15 is 0 Å². The maximum Gasteiger partial charge on any atom is 0.293 e. The standard InChI is InChI=1S/C20H16ClNO6S/c1-25-13-3-11(4-14(7-13)26-2)5-18-19(23)22(20(24)29-18)9-12-6-16-17(8-15(12)21)28-10-27-16/h3-8H,9-10H2,1-2H3. The van der Waals surface area contributed by atoms with Crippen LogP contribution in [0.4, 0.5) is 4.79 Å². The molecule has 0 aliphatic carbocycles. The Morgan fingerprint density at radius 3 is 2.38 bits per heavy atom. The highest BCUT2D eigenvalue weighted by atomic mass is 35.5. The quantitative estimate of drug-likeness (QED) is 0.650. The van der Waals surface area contributed by atoms with Gasteiger partial charge < -0.3 is 18.9 Å². The predicted octanol–water partition coefficient (Wildman–Crippen LogP) is 4.32. The maximum absolute atomic E-state index is 12.8. The van der Waals surface area contributed by atoms with Crippen LogP contribution in [0.2, 0.25) is 5.02 Å². The highest BCUT2D eigenvalue weighted by Crippen LogP contribution is 2.39. The van der Waals surface area contributed by atoms with E-state index < -0.39 is 5.91 Å². The minimum Gasteiger partial charge on any atom is -0.497 e.